The van der Waals surface area contributed by atoms with Gasteiger partial charge in [-0.25, -0.2) is 8.42 Å². The lowest BCUT2D eigenvalue weighted by atomic mass is 10.3. The molecular formula is C14H16N2O4S. The third-order valence-corrected chi connectivity index (χ3v) is 4.17. The zero-order valence-corrected chi connectivity index (χ0v) is 12.2. The van der Waals surface area contributed by atoms with E-state index < -0.39 is 15.8 Å². The molecule has 21 heavy (non-hydrogen) atoms. The van der Waals surface area contributed by atoms with E-state index in [-0.39, 0.29) is 9.79 Å². The summed E-state index contributed by atoms with van der Waals surface area (Å²) in [5.74, 6) is -0.833. The maximum absolute atomic E-state index is 12.2. The maximum Gasteiger partial charge on any atom is 0.300 e. The second kappa shape index (κ2) is 6.76. The van der Waals surface area contributed by atoms with E-state index in [0.29, 0.717) is 11.4 Å². The number of hydrogen-bond acceptors (Lipinski definition) is 5. The van der Waals surface area contributed by atoms with Crippen LogP contribution in [0.4, 0.5) is 11.4 Å². The van der Waals surface area contributed by atoms with E-state index in [1.807, 2.05) is 0 Å². The van der Waals surface area contributed by atoms with E-state index in [9.17, 15) is 8.42 Å². The molecular weight excluding hydrogens is 292 g/mol. The van der Waals surface area contributed by atoms with E-state index in [0.717, 1.165) is 6.92 Å². The molecule has 0 aliphatic carbocycles. The summed E-state index contributed by atoms with van der Waals surface area (Å²) in [5.41, 5.74) is 12.1. The standard InChI is InChI=1S/C12H12N2O2S.C2H4O2/c13-9-1-5-11(6-2-9)17(15,16)12-7-3-10(14)4-8-12;1-2(3)4/h1-8H,13-14H2;1H3,(H,3,4). The Balaban J connectivity index is 0.000000491. The van der Waals surface area contributed by atoms with Gasteiger partial charge >= 0.3 is 0 Å². The van der Waals surface area contributed by atoms with E-state index in [1.165, 1.54) is 24.3 Å². The predicted octanol–water partition coefficient (Wildman–Crippen LogP) is 1.77. The van der Waals surface area contributed by atoms with Crippen LogP contribution in [0, 0.1) is 0 Å². The minimum atomic E-state index is -3.48. The molecule has 7 heteroatoms. The molecule has 6 nitrogen and oxygen atoms in total. The number of aliphatic carboxylic acids is 1. The fraction of sp³-hybridized carbons (Fsp3) is 0.0714. The molecule has 0 saturated carbocycles. The Bertz CT molecular complexity index is 652. The van der Waals surface area contributed by atoms with E-state index in [1.54, 1.807) is 24.3 Å². The van der Waals surface area contributed by atoms with Gasteiger partial charge in [0.05, 0.1) is 9.79 Å². The summed E-state index contributed by atoms with van der Waals surface area (Å²) in [5, 5.41) is 7.42. The highest BCUT2D eigenvalue weighted by atomic mass is 32.2. The Labute approximate surface area is 122 Å². The molecule has 2 aromatic carbocycles. The van der Waals surface area contributed by atoms with Crippen LogP contribution in [-0.4, -0.2) is 19.5 Å². The van der Waals surface area contributed by atoms with Crippen molar-refractivity contribution in [2.45, 2.75) is 16.7 Å². The first-order valence-corrected chi connectivity index (χ1v) is 7.37. The summed E-state index contributed by atoms with van der Waals surface area (Å²) in [6.07, 6.45) is 0. The Hall–Kier alpha value is -2.54. The van der Waals surface area contributed by atoms with Crippen LogP contribution in [0.1, 0.15) is 6.92 Å². The van der Waals surface area contributed by atoms with Crippen LogP contribution < -0.4 is 11.5 Å². The third kappa shape index (κ3) is 4.81. The molecule has 0 unspecified atom stereocenters. The van der Waals surface area contributed by atoms with Gasteiger partial charge in [0.1, 0.15) is 0 Å². The van der Waals surface area contributed by atoms with E-state index in [2.05, 4.69) is 0 Å². The van der Waals surface area contributed by atoms with Gasteiger partial charge in [-0.1, -0.05) is 0 Å². The van der Waals surface area contributed by atoms with Crippen LogP contribution in [0.5, 0.6) is 0 Å². The van der Waals surface area contributed by atoms with Gasteiger partial charge in [-0.2, -0.15) is 0 Å². The van der Waals surface area contributed by atoms with Crippen molar-refractivity contribution in [2.24, 2.45) is 0 Å². The number of carbonyl (C=O) groups is 1. The van der Waals surface area contributed by atoms with Gasteiger partial charge in [0.15, 0.2) is 0 Å². The van der Waals surface area contributed by atoms with Crippen molar-refractivity contribution in [3.63, 3.8) is 0 Å². The van der Waals surface area contributed by atoms with Crippen LogP contribution in [0.2, 0.25) is 0 Å². The average Bonchev–Trinajstić information content (AvgIpc) is 2.39. The first kappa shape index (κ1) is 16.5. The molecule has 0 saturated heterocycles. The smallest absolute Gasteiger partial charge is 0.300 e. The summed E-state index contributed by atoms with van der Waals surface area (Å²) in [7, 11) is -3.48. The quantitative estimate of drug-likeness (QED) is 0.726. The molecule has 0 aromatic heterocycles. The highest BCUT2D eigenvalue weighted by molar-refractivity contribution is 7.91. The second-order valence-electron chi connectivity index (χ2n) is 4.16. The highest BCUT2D eigenvalue weighted by Gasteiger charge is 2.16. The van der Waals surface area contributed by atoms with Gasteiger partial charge in [-0.3, -0.25) is 4.79 Å². The van der Waals surface area contributed by atoms with Gasteiger partial charge in [-0.15, -0.1) is 0 Å². The minimum Gasteiger partial charge on any atom is -0.481 e. The number of rotatable bonds is 2. The molecule has 0 fully saturated rings. The number of carboxylic acid groups (broad SMARTS) is 1. The van der Waals surface area contributed by atoms with Crippen molar-refractivity contribution in [1.29, 1.82) is 0 Å². The van der Waals surface area contributed by atoms with Crippen LogP contribution in [-0.2, 0) is 14.6 Å². The summed E-state index contributed by atoms with van der Waals surface area (Å²) in [6.45, 7) is 1.08. The van der Waals surface area contributed by atoms with Crippen LogP contribution >= 0.6 is 0 Å². The van der Waals surface area contributed by atoms with Crippen LogP contribution in [0.15, 0.2) is 58.3 Å². The summed E-state index contributed by atoms with van der Waals surface area (Å²) < 4.78 is 24.3. The molecule has 0 aliphatic heterocycles. The Kier molecular flexibility index (Phi) is 5.31. The molecule has 0 heterocycles. The number of benzene rings is 2. The van der Waals surface area contributed by atoms with Crippen molar-refractivity contribution in [1.82, 2.24) is 0 Å². The molecule has 2 rings (SSSR count). The van der Waals surface area contributed by atoms with Gasteiger partial charge in [0, 0.05) is 18.3 Å². The number of nitrogens with two attached hydrogens (primary N) is 2. The number of nitrogen functional groups attached to an aromatic ring is 2. The van der Waals surface area contributed by atoms with Crippen molar-refractivity contribution in [2.75, 3.05) is 11.5 Å². The predicted molar refractivity (Wildman–Crippen MR) is 80.5 cm³/mol. The number of carboxylic acids is 1. The molecule has 0 amide bonds. The Morgan fingerprint density at radius 2 is 1.10 bits per heavy atom. The lowest BCUT2D eigenvalue weighted by Crippen LogP contribution is -2.02. The summed E-state index contributed by atoms with van der Waals surface area (Å²) in [6, 6.07) is 12.2. The summed E-state index contributed by atoms with van der Waals surface area (Å²) >= 11 is 0. The lowest BCUT2D eigenvalue weighted by molar-refractivity contribution is -0.134. The second-order valence-corrected chi connectivity index (χ2v) is 6.11. The van der Waals surface area contributed by atoms with E-state index in [4.69, 9.17) is 21.4 Å². The lowest BCUT2D eigenvalue weighted by Gasteiger charge is -2.05. The SMILES string of the molecule is CC(=O)O.Nc1ccc(S(=O)(=O)c2ccc(N)cc2)cc1. The van der Waals surface area contributed by atoms with Gasteiger partial charge in [0.2, 0.25) is 9.84 Å². The highest BCUT2D eigenvalue weighted by Crippen LogP contribution is 2.22. The van der Waals surface area contributed by atoms with Crippen molar-refractivity contribution in [3.8, 4) is 0 Å². The summed E-state index contributed by atoms with van der Waals surface area (Å²) in [4.78, 5) is 9.44. The van der Waals surface area contributed by atoms with E-state index >= 15 is 0 Å². The van der Waals surface area contributed by atoms with Crippen LogP contribution in [0.3, 0.4) is 0 Å². The molecule has 0 bridgehead atoms. The topological polar surface area (TPSA) is 123 Å². The van der Waals surface area contributed by atoms with Crippen molar-refractivity contribution < 1.29 is 18.3 Å². The number of hydrogen-bond donors (Lipinski definition) is 3. The van der Waals surface area contributed by atoms with Crippen molar-refractivity contribution >= 4 is 27.2 Å². The van der Waals surface area contributed by atoms with Gasteiger partial charge in [0.25, 0.3) is 5.97 Å². The normalized spacial score (nSPS) is 10.3. The molecule has 2 aromatic rings. The van der Waals surface area contributed by atoms with Crippen molar-refractivity contribution in [3.05, 3.63) is 48.5 Å². The monoisotopic (exact) mass is 308 g/mol. The fourth-order valence-corrected chi connectivity index (χ4v) is 2.69. The van der Waals surface area contributed by atoms with Gasteiger partial charge in [-0.05, 0) is 48.5 Å². The molecule has 0 atom stereocenters. The fourth-order valence-electron chi connectivity index (χ4n) is 1.43. The largest absolute Gasteiger partial charge is 0.481 e. The first-order chi connectivity index (χ1) is 9.73. The average molecular weight is 308 g/mol. The molecule has 0 radical (unpaired) electrons. The molecule has 0 spiro atoms. The van der Waals surface area contributed by atoms with Crippen LogP contribution in [0.25, 0.3) is 0 Å². The number of sulfone groups is 1. The minimum absolute atomic E-state index is 0.219. The van der Waals surface area contributed by atoms with Gasteiger partial charge < -0.3 is 16.6 Å². The zero-order valence-electron chi connectivity index (χ0n) is 11.4. The third-order valence-electron chi connectivity index (χ3n) is 2.38. The molecule has 112 valence electrons. The maximum atomic E-state index is 12.2. The molecule has 5 N–H and O–H groups in total. The molecule has 0 aliphatic rings. The number of anilines is 2. The zero-order chi connectivity index (χ0) is 16.0. The first-order valence-electron chi connectivity index (χ1n) is 5.89. The Morgan fingerprint density at radius 3 is 1.33 bits per heavy atom. The Morgan fingerprint density at radius 1 is 0.857 bits per heavy atom.